The molecule has 0 aliphatic rings. The van der Waals surface area contributed by atoms with Gasteiger partial charge in [0.15, 0.2) is 0 Å². The Kier molecular flexibility index (Phi) is 4.65. The summed E-state index contributed by atoms with van der Waals surface area (Å²) in [5.41, 5.74) is 7.75. The topological polar surface area (TPSA) is 48.8 Å². The summed E-state index contributed by atoms with van der Waals surface area (Å²) in [5.74, 6) is 0. The predicted octanol–water partition coefficient (Wildman–Crippen LogP) is 2.25. The van der Waals surface area contributed by atoms with Crippen molar-refractivity contribution in [1.82, 2.24) is 0 Å². The molecule has 0 aromatic rings. The molecule has 0 spiro atoms. The minimum atomic E-state index is 0.359. The summed E-state index contributed by atoms with van der Waals surface area (Å²) >= 11 is 9.75. The highest BCUT2D eigenvalue weighted by molar-refractivity contribution is 7.83. The molecular weight excluding hydrogens is 146 g/mol. The standard InChI is InChI=1S/C3H4ClN3S/c4-3(8)1-2-6-7-5/h1-2H2. The molecule has 0 rings (SSSR count). The Morgan fingerprint density at radius 2 is 2.50 bits per heavy atom. The van der Waals surface area contributed by atoms with Gasteiger partial charge in [-0.1, -0.05) is 28.9 Å². The molecule has 0 aliphatic heterocycles. The minimum Gasteiger partial charge on any atom is -0.0936 e. The first-order valence-electron chi connectivity index (χ1n) is 1.96. The van der Waals surface area contributed by atoms with Gasteiger partial charge in [0.05, 0.1) is 4.32 Å². The molecule has 0 aliphatic carbocycles. The molecule has 0 radical (unpaired) electrons. The lowest BCUT2D eigenvalue weighted by molar-refractivity contribution is 1.04. The molecule has 0 aromatic carbocycles. The van der Waals surface area contributed by atoms with Crippen LogP contribution in [0.15, 0.2) is 5.11 Å². The maximum absolute atomic E-state index is 7.75. The van der Waals surface area contributed by atoms with Crippen LogP contribution in [0.1, 0.15) is 6.42 Å². The summed E-state index contributed by atoms with van der Waals surface area (Å²) in [6.07, 6.45) is 0.487. The van der Waals surface area contributed by atoms with Gasteiger partial charge < -0.3 is 0 Å². The average Bonchev–Trinajstić information content (AvgIpc) is 1.66. The third-order valence-electron chi connectivity index (χ3n) is 0.472. The van der Waals surface area contributed by atoms with Crippen molar-refractivity contribution in [1.29, 1.82) is 0 Å². The van der Waals surface area contributed by atoms with E-state index in [1.54, 1.807) is 0 Å². The third kappa shape index (κ3) is 5.69. The molecule has 3 nitrogen and oxygen atoms in total. The molecule has 0 fully saturated rings. The van der Waals surface area contributed by atoms with E-state index >= 15 is 0 Å². The second-order valence-electron chi connectivity index (χ2n) is 1.06. The van der Waals surface area contributed by atoms with Crippen molar-refractivity contribution >= 4 is 28.1 Å². The first-order valence-corrected chi connectivity index (χ1v) is 2.75. The normalized spacial score (nSPS) is 7.62. The number of halogens is 1. The Labute approximate surface area is 57.3 Å². The third-order valence-corrected chi connectivity index (χ3v) is 0.865. The molecule has 0 atom stereocenters. The van der Waals surface area contributed by atoms with Crippen molar-refractivity contribution in [2.24, 2.45) is 5.11 Å². The van der Waals surface area contributed by atoms with Crippen molar-refractivity contribution in [2.45, 2.75) is 6.42 Å². The van der Waals surface area contributed by atoms with E-state index < -0.39 is 0 Å². The molecule has 0 bridgehead atoms. The Morgan fingerprint density at radius 3 is 2.88 bits per heavy atom. The highest BCUT2D eigenvalue weighted by Crippen LogP contribution is 1.91. The van der Waals surface area contributed by atoms with Crippen LogP contribution in [0.25, 0.3) is 10.4 Å². The summed E-state index contributed by atoms with van der Waals surface area (Å²) in [4.78, 5) is 2.51. The Balaban J connectivity index is 3.18. The van der Waals surface area contributed by atoms with Gasteiger partial charge in [-0.25, -0.2) is 0 Å². The van der Waals surface area contributed by atoms with Crippen LogP contribution in [0.3, 0.4) is 0 Å². The molecule has 8 heavy (non-hydrogen) atoms. The van der Waals surface area contributed by atoms with Gasteiger partial charge >= 0.3 is 0 Å². The largest absolute Gasteiger partial charge is 0.0936 e. The molecule has 44 valence electrons. The van der Waals surface area contributed by atoms with E-state index in [1.807, 2.05) is 0 Å². The first kappa shape index (κ1) is 7.69. The fraction of sp³-hybridized carbons (Fsp3) is 0.667. The van der Waals surface area contributed by atoms with Gasteiger partial charge in [-0.2, -0.15) is 0 Å². The number of thiocarbonyl (C=S) groups is 1. The van der Waals surface area contributed by atoms with E-state index in [1.165, 1.54) is 0 Å². The summed E-state index contributed by atoms with van der Waals surface area (Å²) in [5, 5.41) is 3.22. The SMILES string of the molecule is [N-]=[N+]=NCCC(=S)Cl. The van der Waals surface area contributed by atoms with Crippen molar-refractivity contribution < 1.29 is 0 Å². The van der Waals surface area contributed by atoms with E-state index in [2.05, 4.69) is 22.2 Å². The summed E-state index contributed by atoms with van der Waals surface area (Å²) in [7, 11) is 0. The molecule has 0 amide bonds. The maximum atomic E-state index is 7.75. The van der Waals surface area contributed by atoms with Crippen molar-refractivity contribution in [2.75, 3.05) is 6.54 Å². The molecule has 0 aromatic heterocycles. The molecule has 0 heterocycles. The van der Waals surface area contributed by atoms with Gasteiger partial charge in [-0.3, -0.25) is 0 Å². The Morgan fingerprint density at radius 1 is 1.88 bits per heavy atom. The van der Waals surface area contributed by atoms with E-state index in [0.29, 0.717) is 17.3 Å². The second-order valence-corrected chi connectivity index (χ2v) is 2.23. The quantitative estimate of drug-likeness (QED) is 0.200. The van der Waals surface area contributed by atoms with Crippen LogP contribution in [0.2, 0.25) is 0 Å². The van der Waals surface area contributed by atoms with Gasteiger partial charge in [0.1, 0.15) is 0 Å². The number of hydrogen-bond donors (Lipinski definition) is 0. The highest BCUT2D eigenvalue weighted by atomic mass is 35.5. The van der Waals surface area contributed by atoms with E-state index in [4.69, 9.17) is 17.1 Å². The molecule has 5 heteroatoms. The smallest absolute Gasteiger partial charge is 0.0810 e. The second kappa shape index (κ2) is 4.84. The molecule has 0 N–H and O–H groups in total. The maximum Gasteiger partial charge on any atom is 0.0810 e. The molecule has 0 unspecified atom stereocenters. The van der Waals surface area contributed by atoms with Crippen LogP contribution in [0.4, 0.5) is 0 Å². The van der Waals surface area contributed by atoms with Gasteiger partial charge in [0, 0.05) is 11.5 Å². The molecule has 0 saturated heterocycles. The predicted molar refractivity (Wildman–Crippen MR) is 37.1 cm³/mol. The lowest BCUT2D eigenvalue weighted by Gasteiger charge is -1.82. The van der Waals surface area contributed by atoms with Gasteiger partial charge in [-0.15, -0.1) is 0 Å². The van der Waals surface area contributed by atoms with E-state index in [9.17, 15) is 0 Å². The fourth-order valence-electron chi connectivity index (χ4n) is 0.183. The average molecular weight is 150 g/mol. The van der Waals surface area contributed by atoms with Gasteiger partial charge in [0.2, 0.25) is 0 Å². The van der Waals surface area contributed by atoms with Crippen LogP contribution < -0.4 is 0 Å². The number of hydrogen-bond acceptors (Lipinski definition) is 2. The minimum absolute atomic E-state index is 0.359. The Hall–Kier alpha value is -0.310. The van der Waals surface area contributed by atoms with Crippen LogP contribution in [0, 0.1) is 0 Å². The lowest BCUT2D eigenvalue weighted by atomic mass is 10.5. The van der Waals surface area contributed by atoms with Crippen LogP contribution in [0.5, 0.6) is 0 Å². The zero-order valence-corrected chi connectivity index (χ0v) is 5.61. The van der Waals surface area contributed by atoms with Crippen LogP contribution >= 0.6 is 23.8 Å². The zero-order chi connectivity index (χ0) is 6.41. The number of azide groups is 1. The number of nitrogens with zero attached hydrogens (tertiary/aromatic N) is 3. The van der Waals surface area contributed by atoms with Crippen LogP contribution in [-0.4, -0.2) is 10.9 Å². The summed E-state index contributed by atoms with van der Waals surface area (Å²) in [6, 6.07) is 0. The van der Waals surface area contributed by atoms with E-state index in [-0.39, 0.29) is 0 Å². The van der Waals surface area contributed by atoms with Crippen molar-refractivity contribution in [3.63, 3.8) is 0 Å². The summed E-state index contributed by atoms with van der Waals surface area (Å²) in [6.45, 7) is 0.360. The monoisotopic (exact) mass is 149 g/mol. The lowest BCUT2D eigenvalue weighted by Crippen LogP contribution is -1.84. The first-order chi connectivity index (χ1) is 3.77. The van der Waals surface area contributed by atoms with Crippen LogP contribution in [-0.2, 0) is 0 Å². The Bertz CT molecular complexity index is 126. The van der Waals surface area contributed by atoms with Crippen molar-refractivity contribution in [3.05, 3.63) is 10.4 Å². The van der Waals surface area contributed by atoms with Gasteiger partial charge in [0.25, 0.3) is 0 Å². The fourth-order valence-corrected chi connectivity index (χ4v) is 0.358. The molecular formula is C3H4ClN3S. The highest BCUT2D eigenvalue weighted by Gasteiger charge is 1.85. The number of rotatable bonds is 3. The van der Waals surface area contributed by atoms with Gasteiger partial charge in [-0.05, 0) is 12.0 Å². The van der Waals surface area contributed by atoms with Crippen molar-refractivity contribution in [3.8, 4) is 0 Å². The summed E-state index contributed by atoms with van der Waals surface area (Å²) < 4.78 is 0.359. The molecule has 0 saturated carbocycles. The van der Waals surface area contributed by atoms with E-state index in [0.717, 1.165) is 0 Å². The zero-order valence-electron chi connectivity index (χ0n) is 4.04.